The summed E-state index contributed by atoms with van der Waals surface area (Å²) in [5.41, 5.74) is 13.9. The lowest BCUT2D eigenvalue weighted by molar-refractivity contribution is 0.0766. The van der Waals surface area contributed by atoms with Crippen molar-refractivity contribution in [3.8, 4) is 11.1 Å². The van der Waals surface area contributed by atoms with Crippen molar-refractivity contribution in [1.29, 1.82) is 0 Å². The Balaban J connectivity index is 1.30. The molecule has 186 valence electrons. The lowest BCUT2D eigenvalue weighted by Gasteiger charge is -2.19. The molecule has 5 rings (SSSR count). The SMILES string of the molecule is CC(C)(C)c1ccc(-c2cccc3c2CN(Cc2ccc(C(=O)Nc4ccccc4N)cc2)C3=O)cc1. The summed E-state index contributed by atoms with van der Waals surface area (Å²) >= 11 is 0. The fraction of sp³-hybridized carbons (Fsp3) is 0.188. The molecule has 0 atom stereocenters. The van der Waals surface area contributed by atoms with Gasteiger partial charge in [0.1, 0.15) is 0 Å². The Morgan fingerprint density at radius 3 is 2.22 bits per heavy atom. The van der Waals surface area contributed by atoms with Crippen molar-refractivity contribution in [2.75, 3.05) is 11.1 Å². The van der Waals surface area contributed by atoms with E-state index in [1.165, 1.54) is 5.56 Å². The average Bonchev–Trinajstić information content (AvgIpc) is 3.20. The lowest BCUT2D eigenvalue weighted by Crippen LogP contribution is -2.23. The van der Waals surface area contributed by atoms with Gasteiger partial charge in [-0.25, -0.2) is 0 Å². The average molecular weight is 490 g/mol. The fourth-order valence-electron chi connectivity index (χ4n) is 4.73. The predicted molar refractivity (Wildman–Crippen MR) is 149 cm³/mol. The zero-order valence-corrected chi connectivity index (χ0v) is 21.4. The van der Waals surface area contributed by atoms with Crippen molar-refractivity contribution in [2.24, 2.45) is 0 Å². The summed E-state index contributed by atoms with van der Waals surface area (Å²) in [6.07, 6.45) is 0. The highest BCUT2D eigenvalue weighted by molar-refractivity contribution is 6.05. The summed E-state index contributed by atoms with van der Waals surface area (Å²) < 4.78 is 0. The number of hydrogen-bond donors (Lipinski definition) is 2. The van der Waals surface area contributed by atoms with Gasteiger partial charge >= 0.3 is 0 Å². The van der Waals surface area contributed by atoms with E-state index in [4.69, 9.17) is 5.73 Å². The molecule has 5 nitrogen and oxygen atoms in total. The highest BCUT2D eigenvalue weighted by Gasteiger charge is 2.29. The molecule has 0 unspecified atom stereocenters. The van der Waals surface area contributed by atoms with Gasteiger partial charge in [0.2, 0.25) is 0 Å². The van der Waals surface area contributed by atoms with Crippen LogP contribution in [0.4, 0.5) is 11.4 Å². The molecule has 0 aromatic heterocycles. The van der Waals surface area contributed by atoms with Gasteiger partial charge in [-0.2, -0.15) is 0 Å². The van der Waals surface area contributed by atoms with Crippen molar-refractivity contribution in [2.45, 2.75) is 39.3 Å². The number of nitrogens with one attached hydrogen (secondary N) is 1. The van der Waals surface area contributed by atoms with Gasteiger partial charge in [0.15, 0.2) is 0 Å². The number of nitrogen functional groups attached to an aromatic ring is 1. The molecular formula is C32H31N3O2. The van der Waals surface area contributed by atoms with Gasteiger partial charge in [-0.15, -0.1) is 0 Å². The number of amides is 2. The molecule has 0 spiro atoms. The smallest absolute Gasteiger partial charge is 0.255 e. The van der Waals surface area contributed by atoms with Gasteiger partial charge in [0, 0.05) is 24.2 Å². The van der Waals surface area contributed by atoms with Crippen molar-refractivity contribution >= 4 is 23.2 Å². The Morgan fingerprint density at radius 1 is 0.865 bits per heavy atom. The summed E-state index contributed by atoms with van der Waals surface area (Å²) in [4.78, 5) is 27.7. The second-order valence-corrected chi connectivity index (χ2v) is 10.6. The van der Waals surface area contributed by atoms with E-state index in [2.05, 4.69) is 56.4 Å². The van der Waals surface area contributed by atoms with E-state index in [9.17, 15) is 9.59 Å². The summed E-state index contributed by atoms with van der Waals surface area (Å²) in [5.74, 6) is -0.194. The number of carbonyl (C=O) groups is 2. The monoisotopic (exact) mass is 489 g/mol. The minimum Gasteiger partial charge on any atom is -0.397 e. The summed E-state index contributed by atoms with van der Waals surface area (Å²) in [6.45, 7) is 7.65. The first-order valence-electron chi connectivity index (χ1n) is 12.5. The molecule has 0 fully saturated rings. The maximum absolute atomic E-state index is 13.2. The highest BCUT2D eigenvalue weighted by atomic mass is 16.2. The van der Waals surface area contributed by atoms with Crippen LogP contribution in [-0.4, -0.2) is 16.7 Å². The first-order chi connectivity index (χ1) is 17.7. The number of nitrogens with two attached hydrogens (primary N) is 1. The maximum atomic E-state index is 13.2. The quantitative estimate of drug-likeness (QED) is 0.309. The summed E-state index contributed by atoms with van der Waals surface area (Å²) in [5, 5.41) is 2.84. The number of para-hydroxylation sites is 2. The van der Waals surface area contributed by atoms with Crippen LogP contribution < -0.4 is 11.1 Å². The van der Waals surface area contributed by atoms with Gasteiger partial charge in [-0.1, -0.05) is 81.4 Å². The molecule has 1 aliphatic rings. The minimum absolute atomic E-state index is 0.0320. The zero-order chi connectivity index (χ0) is 26.2. The standard InChI is InChI=1S/C32H31N3O2/c1-32(2,3)24-17-15-22(16-18-24)25-7-6-8-26-27(25)20-35(31(26)37)19-21-11-13-23(14-12-21)30(36)34-29-10-5-4-9-28(29)33/h4-18H,19-20,33H2,1-3H3,(H,34,36). The Hall–Kier alpha value is -4.38. The van der Waals surface area contributed by atoms with Crippen LogP contribution in [0.3, 0.4) is 0 Å². The van der Waals surface area contributed by atoms with E-state index in [0.29, 0.717) is 30.0 Å². The maximum Gasteiger partial charge on any atom is 0.255 e. The van der Waals surface area contributed by atoms with Crippen molar-refractivity contribution in [3.05, 3.63) is 119 Å². The Morgan fingerprint density at radius 2 is 1.54 bits per heavy atom. The highest BCUT2D eigenvalue weighted by Crippen LogP contribution is 2.34. The first-order valence-corrected chi connectivity index (χ1v) is 12.5. The molecule has 0 aliphatic carbocycles. The largest absolute Gasteiger partial charge is 0.397 e. The molecule has 4 aromatic carbocycles. The van der Waals surface area contributed by atoms with Crippen LogP contribution >= 0.6 is 0 Å². The number of nitrogens with zero attached hydrogens (tertiary/aromatic N) is 1. The van der Waals surface area contributed by atoms with Crippen LogP contribution in [0.1, 0.15) is 58.2 Å². The van der Waals surface area contributed by atoms with Crippen molar-refractivity contribution in [3.63, 3.8) is 0 Å². The van der Waals surface area contributed by atoms with Gasteiger partial charge in [-0.05, 0) is 63.6 Å². The van der Waals surface area contributed by atoms with Crippen LogP contribution in [0.5, 0.6) is 0 Å². The van der Waals surface area contributed by atoms with E-state index >= 15 is 0 Å². The second-order valence-electron chi connectivity index (χ2n) is 10.6. The number of carbonyl (C=O) groups excluding carboxylic acids is 2. The molecule has 4 aromatic rings. The topological polar surface area (TPSA) is 75.4 Å². The van der Waals surface area contributed by atoms with Gasteiger partial charge < -0.3 is 16.0 Å². The fourth-order valence-corrected chi connectivity index (χ4v) is 4.73. The molecular weight excluding hydrogens is 458 g/mol. The van der Waals surface area contributed by atoms with E-state index in [0.717, 1.165) is 27.8 Å². The van der Waals surface area contributed by atoms with Crippen LogP contribution in [-0.2, 0) is 18.5 Å². The second kappa shape index (κ2) is 9.58. The van der Waals surface area contributed by atoms with E-state index in [1.807, 2.05) is 41.3 Å². The van der Waals surface area contributed by atoms with Crippen LogP contribution in [0.2, 0.25) is 0 Å². The van der Waals surface area contributed by atoms with Gasteiger partial charge in [0.05, 0.1) is 11.4 Å². The molecule has 0 saturated heterocycles. The Bertz CT molecular complexity index is 1470. The Kier molecular flexibility index (Phi) is 6.30. The van der Waals surface area contributed by atoms with Crippen LogP contribution in [0, 0.1) is 0 Å². The summed E-state index contributed by atoms with van der Waals surface area (Å²) in [6, 6.07) is 29.1. The van der Waals surface area contributed by atoms with Gasteiger partial charge in [0.25, 0.3) is 11.8 Å². The third-order valence-corrected chi connectivity index (χ3v) is 6.90. The molecule has 0 saturated carbocycles. The summed E-state index contributed by atoms with van der Waals surface area (Å²) in [7, 11) is 0. The molecule has 2 amide bonds. The van der Waals surface area contributed by atoms with E-state index < -0.39 is 0 Å². The molecule has 1 aliphatic heterocycles. The van der Waals surface area contributed by atoms with Crippen molar-refractivity contribution in [1.82, 2.24) is 4.90 Å². The molecule has 3 N–H and O–H groups in total. The molecule has 5 heteroatoms. The number of benzene rings is 4. The van der Waals surface area contributed by atoms with E-state index in [1.54, 1.807) is 24.3 Å². The third kappa shape index (κ3) is 4.98. The molecule has 0 bridgehead atoms. The number of anilines is 2. The number of fused-ring (bicyclic) bond motifs is 1. The van der Waals surface area contributed by atoms with Crippen LogP contribution in [0.15, 0.2) is 91.0 Å². The molecule has 0 radical (unpaired) electrons. The predicted octanol–water partition coefficient (Wildman–Crippen LogP) is 6.64. The van der Waals surface area contributed by atoms with Gasteiger partial charge in [-0.3, -0.25) is 9.59 Å². The third-order valence-electron chi connectivity index (χ3n) is 6.90. The van der Waals surface area contributed by atoms with E-state index in [-0.39, 0.29) is 17.2 Å². The number of rotatable bonds is 5. The zero-order valence-electron chi connectivity index (χ0n) is 21.4. The number of hydrogen-bond acceptors (Lipinski definition) is 3. The van der Waals surface area contributed by atoms with Crippen LogP contribution in [0.25, 0.3) is 11.1 Å². The lowest BCUT2D eigenvalue weighted by atomic mass is 9.86. The first kappa shape index (κ1) is 24.3. The normalized spacial score (nSPS) is 12.9. The Labute approximate surface area is 217 Å². The molecule has 37 heavy (non-hydrogen) atoms. The van der Waals surface area contributed by atoms with Crippen molar-refractivity contribution < 1.29 is 9.59 Å². The minimum atomic E-state index is -0.226. The molecule has 1 heterocycles.